The summed E-state index contributed by atoms with van der Waals surface area (Å²) in [5.41, 5.74) is -0.172. The Bertz CT molecular complexity index is 475. The lowest BCUT2D eigenvalue weighted by Crippen LogP contribution is -2.52. The zero-order valence-electron chi connectivity index (χ0n) is 12.7. The summed E-state index contributed by atoms with van der Waals surface area (Å²) in [6.07, 6.45) is 4.40. The van der Waals surface area contributed by atoms with Crippen LogP contribution in [0.15, 0.2) is 12.4 Å². The smallest absolute Gasteiger partial charge is 0.234 e. The Kier molecular flexibility index (Phi) is 4.26. The van der Waals surface area contributed by atoms with Gasteiger partial charge in [-0.05, 0) is 5.92 Å². The van der Waals surface area contributed by atoms with Crippen LogP contribution in [0, 0.1) is 5.92 Å². The Morgan fingerprint density at radius 3 is 3.05 bits per heavy atom. The van der Waals surface area contributed by atoms with Gasteiger partial charge in [0.25, 0.3) is 0 Å². The quantitative estimate of drug-likeness (QED) is 0.838. The van der Waals surface area contributed by atoms with Gasteiger partial charge in [0.05, 0.1) is 38.8 Å². The van der Waals surface area contributed by atoms with E-state index in [9.17, 15) is 0 Å². The summed E-state index contributed by atoms with van der Waals surface area (Å²) in [5.74, 6) is 1.91. The van der Waals surface area contributed by atoms with Gasteiger partial charge in [-0.15, -0.1) is 0 Å². The molecule has 6 nitrogen and oxygen atoms in total. The highest BCUT2D eigenvalue weighted by molar-refractivity contribution is 5.39. The summed E-state index contributed by atoms with van der Waals surface area (Å²) in [6.45, 7) is 8.64. The summed E-state index contributed by atoms with van der Waals surface area (Å²) in [6, 6.07) is 0. The van der Waals surface area contributed by atoms with Crippen molar-refractivity contribution in [1.29, 1.82) is 0 Å². The van der Waals surface area contributed by atoms with Gasteiger partial charge >= 0.3 is 0 Å². The number of morpholine rings is 1. The van der Waals surface area contributed by atoms with Gasteiger partial charge in [-0.3, -0.25) is 4.98 Å². The first-order valence-corrected chi connectivity index (χ1v) is 7.58. The molecule has 0 amide bonds. The van der Waals surface area contributed by atoms with Crippen LogP contribution in [-0.4, -0.2) is 55.1 Å². The molecule has 2 aliphatic rings. The number of nitrogens with zero attached hydrogens (tertiary/aromatic N) is 3. The van der Waals surface area contributed by atoms with Crippen LogP contribution < -0.4 is 9.64 Å². The molecule has 2 saturated heterocycles. The highest BCUT2D eigenvalue weighted by atomic mass is 16.6. The maximum atomic E-state index is 5.94. The standard InChI is InChI=1S/C15H23N3O3/c1-12(2)9-20-14-8-16-7-13(17-14)18-4-6-21-15(10-18)3-5-19-11-15/h7-8,12H,3-6,9-11H2,1-2H3. The molecule has 0 N–H and O–H groups in total. The minimum atomic E-state index is -0.172. The molecule has 116 valence electrons. The number of anilines is 1. The monoisotopic (exact) mass is 293 g/mol. The second kappa shape index (κ2) is 6.15. The van der Waals surface area contributed by atoms with Gasteiger partial charge in [-0.25, -0.2) is 0 Å². The summed E-state index contributed by atoms with van der Waals surface area (Å²) < 4.78 is 17.1. The van der Waals surface area contributed by atoms with Gasteiger partial charge in [-0.1, -0.05) is 13.8 Å². The van der Waals surface area contributed by atoms with Crippen LogP contribution in [0.1, 0.15) is 20.3 Å². The van der Waals surface area contributed by atoms with Crippen molar-refractivity contribution in [2.75, 3.05) is 44.4 Å². The maximum Gasteiger partial charge on any atom is 0.234 e. The fraction of sp³-hybridized carbons (Fsp3) is 0.733. The molecule has 0 aliphatic carbocycles. The fourth-order valence-corrected chi connectivity index (χ4v) is 2.68. The molecule has 1 aromatic heterocycles. The van der Waals surface area contributed by atoms with E-state index in [0.717, 1.165) is 31.9 Å². The third-order valence-corrected chi connectivity index (χ3v) is 3.80. The molecule has 1 atom stereocenters. The van der Waals surface area contributed by atoms with E-state index >= 15 is 0 Å². The predicted octanol–water partition coefficient (Wildman–Crippen LogP) is 1.51. The lowest BCUT2D eigenvalue weighted by Gasteiger charge is -2.39. The van der Waals surface area contributed by atoms with E-state index in [2.05, 4.69) is 28.7 Å². The highest BCUT2D eigenvalue weighted by Gasteiger charge is 2.40. The molecule has 0 saturated carbocycles. The molecule has 0 radical (unpaired) electrons. The van der Waals surface area contributed by atoms with Gasteiger partial charge < -0.3 is 19.1 Å². The van der Waals surface area contributed by atoms with Crippen molar-refractivity contribution in [3.8, 4) is 5.88 Å². The Balaban J connectivity index is 1.69. The first-order valence-electron chi connectivity index (χ1n) is 7.58. The summed E-state index contributed by atoms with van der Waals surface area (Å²) in [7, 11) is 0. The van der Waals surface area contributed by atoms with Crippen molar-refractivity contribution >= 4 is 5.82 Å². The van der Waals surface area contributed by atoms with Crippen LogP contribution in [0.25, 0.3) is 0 Å². The lowest BCUT2D eigenvalue weighted by molar-refractivity contribution is -0.0581. The van der Waals surface area contributed by atoms with Crippen molar-refractivity contribution in [3.05, 3.63) is 12.4 Å². The second-order valence-corrected chi connectivity index (χ2v) is 6.18. The molecule has 21 heavy (non-hydrogen) atoms. The van der Waals surface area contributed by atoms with E-state index in [1.165, 1.54) is 0 Å². The SMILES string of the molecule is CC(C)COc1cncc(N2CCOC3(CCOC3)C2)n1. The number of ether oxygens (including phenoxy) is 3. The minimum Gasteiger partial charge on any atom is -0.476 e. The zero-order valence-corrected chi connectivity index (χ0v) is 12.7. The molecule has 3 heterocycles. The molecule has 6 heteroatoms. The Morgan fingerprint density at radius 2 is 2.29 bits per heavy atom. The van der Waals surface area contributed by atoms with Gasteiger partial charge in [0.15, 0.2) is 5.82 Å². The van der Waals surface area contributed by atoms with Crippen molar-refractivity contribution in [3.63, 3.8) is 0 Å². The third kappa shape index (κ3) is 3.44. The summed E-state index contributed by atoms with van der Waals surface area (Å²) in [4.78, 5) is 11.0. The van der Waals surface area contributed by atoms with Gasteiger partial charge in [-0.2, -0.15) is 4.98 Å². The van der Waals surface area contributed by atoms with Crippen molar-refractivity contribution in [2.24, 2.45) is 5.92 Å². The zero-order chi connectivity index (χ0) is 14.7. The average molecular weight is 293 g/mol. The molecule has 0 bridgehead atoms. The third-order valence-electron chi connectivity index (χ3n) is 3.80. The van der Waals surface area contributed by atoms with E-state index in [1.54, 1.807) is 12.4 Å². The second-order valence-electron chi connectivity index (χ2n) is 6.18. The lowest BCUT2D eigenvalue weighted by atomic mass is 10.0. The molecule has 1 unspecified atom stereocenters. The van der Waals surface area contributed by atoms with E-state index in [0.29, 0.717) is 31.6 Å². The van der Waals surface area contributed by atoms with Gasteiger partial charge in [0.2, 0.25) is 5.88 Å². The largest absolute Gasteiger partial charge is 0.476 e. The normalized spacial score (nSPS) is 25.8. The van der Waals surface area contributed by atoms with Crippen molar-refractivity contribution < 1.29 is 14.2 Å². The Hall–Kier alpha value is -1.40. The topological polar surface area (TPSA) is 56.7 Å². The van der Waals surface area contributed by atoms with Gasteiger partial charge in [0.1, 0.15) is 5.60 Å². The first kappa shape index (κ1) is 14.5. The van der Waals surface area contributed by atoms with Crippen LogP contribution in [-0.2, 0) is 9.47 Å². The van der Waals surface area contributed by atoms with E-state index in [4.69, 9.17) is 14.2 Å². The van der Waals surface area contributed by atoms with Crippen LogP contribution in [0.3, 0.4) is 0 Å². The molecule has 2 aliphatic heterocycles. The van der Waals surface area contributed by atoms with Crippen LogP contribution >= 0.6 is 0 Å². The highest BCUT2D eigenvalue weighted by Crippen LogP contribution is 2.29. The van der Waals surface area contributed by atoms with Gasteiger partial charge in [0, 0.05) is 19.6 Å². The van der Waals surface area contributed by atoms with Crippen molar-refractivity contribution in [1.82, 2.24) is 9.97 Å². The van der Waals surface area contributed by atoms with Crippen LogP contribution in [0.5, 0.6) is 5.88 Å². The Labute approximate surface area is 125 Å². The molecule has 3 rings (SSSR count). The minimum absolute atomic E-state index is 0.172. The first-order chi connectivity index (χ1) is 10.2. The van der Waals surface area contributed by atoms with E-state index in [1.807, 2.05) is 0 Å². The number of rotatable bonds is 4. The molecule has 1 aromatic rings. The van der Waals surface area contributed by atoms with E-state index < -0.39 is 0 Å². The fourth-order valence-electron chi connectivity index (χ4n) is 2.68. The maximum absolute atomic E-state index is 5.94. The predicted molar refractivity (Wildman–Crippen MR) is 78.7 cm³/mol. The molecular weight excluding hydrogens is 270 g/mol. The van der Waals surface area contributed by atoms with Crippen molar-refractivity contribution in [2.45, 2.75) is 25.9 Å². The number of hydrogen-bond acceptors (Lipinski definition) is 6. The van der Waals surface area contributed by atoms with Crippen LogP contribution in [0.2, 0.25) is 0 Å². The number of aromatic nitrogens is 2. The van der Waals surface area contributed by atoms with Crippen LogP contribution in [0.4, 0.5) is 5.82 Å². The van der Waals surface area contributed by atoms with E-state index in [-0.39, 0.29) is 5.60 Å². The average Bonchev–Trinajstić information content (AvgIpc) is 2.93. The molecule has 2 fully saturated rings. The molecule has 1 spiro atoms. The Morgan fingerprint density at radius 1 is 1.38 bits per heavy atom. The number of hydrogen-bond donors (Lipinski definition) is 0. The summed E-state index contributed by atoms with van der Waals surface area (Å²) >= 11 is 0. The summed E-state index contributed by atoms with van der Waals surface area (Å²) in [5, 5.41) is 0. The molecule has 0 aromatic carbocycles. The molecular formula is C15H23N3O3.